The molecule has 1 amide bonds. The Morgan fingerprint density at radius 1 is 1.29 bits per heavy atom. The van der Waals surface area contributed by atoms with Crippen molar-refractivity contribution in [3.8, 4) is 5.75 Å². The Hall–Kier alpha value is -1.16. The number of hydrogen-bond acceptors (Lipinski definition) is 4. The summed E-state index contributed by atoms with van der Waals surface area (Å²) in [4.78, 5) is 26.4. The van der Waals surface area contributed by atoms with E-state index in [1.807, 2.05) is 12.2 Å². The zero-order valence-electron chi connectivity index (χ0n) is 15.9. The predicted molar refractivity (Wildman–Crippen MR) is 98.6 cm³/mol. The van der Waals surface area contributed by atoms with Crippen molar-refractivity contribution in [2.45, 2.75) is 37.8 Å². The number of carboxylic acids is 1. The molecule has 2 N–H and O–H groups in total. The minimum absolute atomic E-state index is 0. The number of carbonyl (C=O) groups is 2. The maximum Gasteiger partial charge on any atom is 1.00 e. The summed E-state index contributed by atoms with van der Waals surface area (Å²) < 4.78 is 5.65. The molecule has 2 bridgehead atoms. The average molecular weight is 421 g/mol. The van der Waals surface area contributed by atoms with Gasteiger partial charge in [0, 0.05) is 13.0 Å². The van der Waals surface area contributed by atoms with Gasteiger partial charge in [0.25, 0.3) is 0 Å². The van der Waals surface area contributed by atoms with E-state index in [9.17, 15) is 14.7 Å². The van der Waals surface area contributed by atoms with Gasteiger partial charge in [-0.2, -0.15) is 0 Å². The predicted octanol–water partition coefficient (Wildman–Crippen LogP) is -3.74. The van der Waals surface area contributed by atoms with Gasteiger partial charge >= 0.3 is 24.8 Å². The number of aliphatic carboxylic acids is 1. The molecule has 1 saturated heterocycles. The number of nitrogens with one attached hydrogen (secondary N) is 1. The molecular weight excluding hydrogens is 398 g/mol. The Kier molecular flexibility index (Phi) is 10.4. The van der Waals surface area contributed by atoms with Gasteiger partial charge in [0.15, 0.2) is 0 Å². The quantitative estimate of drug-likeness (QED) is 0.360. The summed E-state index contributed by atoms with van der Waals surface area (Å²) in [5, 5.41) is 12.7. The first-order valence-corrected chi connectivity index (χ1v) is 9.26. The van der Waals surface area contributed by atoms with Crippen molar-refractivity contribution < 1.29 is 50.7 Å². The third kappa shape index (κ3) is 6.43. The van der Waals surface area contributed by atoms with Gasteiger partial charge in [-0.1, -0.05) is 29.8 Å². The van der Waals surface area contributed by atoms with Crippen molar-refractivity contribution in [3.05, 3.63) is 40.9 Å². The van der Waals surface area contributed by atoms with Gasteiger partial charge in [-0.15, -0.1) is 0 Å². The number of fused-ring (bicyclic) bond motifs is 9. The number of amides is 1. The second-order valence-corrected chi connectivity index (χ2v) is 7.04. The summed E-state index contributed by atoms with van der Waals surface area (Å²) in [5.41, 5.74) is 0.737. The van der Waals surface area contributed by atoms with Crippen LogP contribution >= 0.6 is 11.6 Å². The maximum absolute atomic E-state index is 12.6. The summed E-state index contributed by atoms with van der Waals surface area (Å²) in [5.74, 6) is -0.705. The van der Waals surface area contributed by atoms with Crippen LogP contribution in [0.3, 0.4) is 0 Å². The monoisotopic (exact) mass is 420 g/mol. The van der Waals surface area contributed by atoms with Gasteiger partial charge in [-0.05, 0) is 43.5 Å². The Morgan fingerprint density at radius 3 is 2.79 bits per heavy atom. The van der Waals surface area contributed by atoms with Crippen LogP contribution in [-0.4, -0.2) is 53.7 Å². The molecule has 1 fully saturated rings. The van der Waals surface area contributed by atoms with Crippen molar-refractivity contribution in [2.75, 3.05) is 19.7 Å². The number of ether oxygens (including phenoxy) is 1. The van der Waals surface area contributed by atoms with Crippen molar-refractivity contribution >= 4 is 23.5 Å². The van der Waals surface area contributed by atoms with E-state index in [1.54, 1.807) is 18.2 Å². The molecule has 4 rings (SSSR count). The summed E-state index contributed by atoms with van der Waals surface area (Å²) in [6, 6.07) is 3.95. The van der Waals surface area contributed by atoms with Crippen LogP contribution in [0.2, 0.25) is 5.02 Å². The number of nitrogens with zero attached hydrogens (tertiary/aromatic N) is 1. The van der Waals surface area contributed by atoms with Crippen LogP contribution in [0.5, 0.6) is 5.75 Å². The largest absolute Gasteiger partial charge is 1.00 e. The molecule has 0 spiro atoms. The molecule has 1 aromatic carbocycles. The minimum atomic E-state index is -1.05. The molecule has 3 heterocycles. The molecule has 0 aliphatic carbocycles. The molecule has 1 aromatic rings. The van der Waals surface area contributed by atoms with E-state index in [1.165, 1.54) is 0 Å². The SMILES string of the molecule is O=C1N[C@H](C(=O)O)Cc2ccc(c(Cl)c2)OC/C=C/CCN2CCCC12.[Cl-].[Li+]. The summed E-state index contributed by atoms with van der Waals surface area (Å²) in [6.45, 7) is 2.04. The Morgan fingerprint density at radius 2 is 2.07 bits per heavy atom. The van der Waals surface area contributed by atoms with Crippen LogP contribution in [0.1, 0.15) is 24.8 Å². The molecule has 9 heteroatoms. The summed E-state index contributed by atoms with van der Waals surface area (Å²) in [6.07, 6.45) is 6.66. The first-order chi connectivity index (χ1) is 12.5. The van der Waals surface area contributed by atoms with E-state index in [0.717, 1.165) is 37.9 Å². The second kappa shape index (κ2) is 11.7. The van der Waals surface area contributed by atoms with Gasteiger partial charge in [0.1, 0.15) is 18.4 Å². The van der Waals surface area contributed by atoms with Gasteiger partial charge in [0.05, 0.1) is 11.1 Å². The summed E-state index contributed by atoms with van der Waals surface area (Å²) >= 11 is 6.23. The van der Waals surface area contributed by atoms with Crippen LogP contribution in [0.25, 0.3) is 0 Å². The maximum atomic E-state index is 12.6. The van der Waals surface area contributed by atoms with Gasteiger partial charge in [-0.3, -0.25) is 9.69 Å². The van der Waals surface area contributed by atoms with Crippen LogP contribution < -0.4 is 41.3 Å². The molecule has 3 aliphatic heterocycles. The van der Waals surface area contributed by atoms with Crippen LogP contribution in [-0.2, 0) is 16.0 Å². The fourth-order valence-corrected chi connectivity index (χ4v) is 3.70. The third-order valence-corrected chi connectivity index (χ3v) is 5.10. The molecule has 0 saturated carbocycles. The zero-order chi connectivity index (χ0) is 18.5. The van der Waals surface area contributed by atoms with E-state index in [4.69, 9.17) is 16.3 Å². The van der Waals surface area contributed by atoms with E-state index in [0.29, 0.717) is 17.4 Å². The van der Waals surface area contributed by atoms with Crippen molar-refractivity contribution in [1.29, 1.82) is 0 Å². The second-order valence-electron chi connectivity index (χ2n) is 6.63. The number of halogens is 2. The smallest absolute Gasteiger partial charge is 1.00 e. The summed E-state index contributed by atoms with van der Waals surface area (Å²) in [7, 11) is 0. The fourth-order valence-electron chi connectivity index (χ4n) is 3.45. The van der Waals surface area contributed by atoms with Gasteiger partial charge < -0.3 is 27.6 Å². The zero-order valence-corrected chi connectivity index (χ0v) is 17.4. The van der Waals surface area contributed by atoms with E-state index < -0.39 is 12.0 Å². The standard InChI is InChI=1S/C19H23ClN2O4.ClH.Li/c20-14-11-13-6-7-17(14)26-10-3-1-2-8-22-9-4-5-16(22)18(23)21-15(12-13)19(24)25;;/h1,3,6-7,11,15-16H,2,4-5,8-10,12H2,(H,21,23)(H,24,25);1H;/q;;+1/p-1/b3-1+;;/t15-,16?;;/m0../s1. The molecular formula is C19H23Cl2LiN2O4. The topological polar surface area (TPSA) is 78.9 Å². The molecule has 1 unspecified atom stereocenters. The Bertz CT molecular complexity index is 717. The normalized spacial score (nSPS) is 24.1. The number of hydrogen-bond donors (Lipinski definition) is 2. The molecule has 0 aromatic heterocycles. The van der Waals surface area contributed by atoms with Gasteiger partial charge in [0.2, 0.25) is 5.91 Å². The molecule has 3 aliphatic rings. The van der Waals surface area contributed by atoms with Crippen LogP contribution in [0, 0.1) is 0 Å². The van der Waals surface area contributed by atoms with Crippen LogP contribution in [0.15, 0.2) is 30.4 Å². The average Bonchev–Trinajstić information content (AvgIpc) is 3.06. The van der Waals surface area contributed by atoms with E-state index >= 15 is 0 Å². The Labute approximate surface area is 188 Å². The van der Waals surface area contributed by atoms with Crippen molar-refractivity contribution in [3.63, 3.8) is 0 Å². The van der Waals surface area contributed by atoms with Crippen molar-refractivity contribution in [2.24, 2.45) is 0 Å². The Balaban J connectivity index is 0.00000196. The van der Waals surface area contributed by atoms with E-state index in [-0.39, 0.29) is 49.6 Å². The number of carboxylic acid groups (broad SMARTS) is 1. The first-order valence-electron chi connectivity index (χ1n) is 8.88. The minimum Gasteiger partial charge on any atom is -1.00 e. The molecule has 2 atom stereocenters. The van der Waals surface area contributed by atoms with E-state index in [2.05, 4.69) is 10.2 Å². The fraction of sp³-hybridized carbons (Fsp3) is 0.474. The number of carbonyl (C=O) groups excluding carboxylic acids is 1. The molecule has 0 radical (unpaired) electrons. The van der Waals surface area contributed by atoms with Crippen LogP contribution in [0.4, 0.5) is 0 Å². The molecule has 6 nitrogen and oxygen atoms in total. The van der Waals surface area contributed by atoms with Crippen molar-refractivity contribution in [1.82, 2.24) is 10.2 Å². The molecule has 28 heavy (non-hydrogen) atoms. The number of benzene rings is 1. The van der Waals surface area contributed by atoms with Gasteiger partial charge in [-0.25, -0.2) is 4.79 Å². The molecule has 148 valence electrons. The third-order valence-electron chi connectivity index (χ3n) is 4.80. The first kappa shape index (κ1) is 24.9. The number of rotatable bonds is 1.